The highest BCUT2D eigenvalue weighted by molar-refractivity contribution is 6.13. The Bertz CT molecular complexity index is 822. The van der Waals surface area contributed by atoms with Crippen LogP contribution in [-0.2, 0) is 4.74 Å². The summed E-state index contributed by atoms with van der Waals surface area (Å²) < 4.78 is 23.6. The Kier molecular flexibility index (Phi) is 4.42. The molecule has 0 atom stereocenters. The van der Waals surface area contributed by atoms with Gasteiger partial charge in [-0.15, -0.1) is 0 Å². The maximum Gasteiger partial charge on any atom is 0.337 e. The van der Waals surface area contributed by atoms with Crippen molar-refractivity contribution >= 4 is 17.8 Å². The first-order valence-electron chi connectivity index (χ1n) is 7.44. The van der Waals surface area contributed by atoms with E-state index in [9.17, 15) is 14.0 Å². The third-order valence-electron chi connectivity index (χ3n) is 3.78. The van der Waals surface area contributed by atoms with E-state index in [0.717, 1.165) is 5.56 Å². The van der Waals surface area contributed by atoms with Crippen molar-refractivity contribution in [2.24, 2.45) is 0 Å². The lowest BCUT2D eigenvalue weighted by Gasteiger charge is -2.05. The quantitative estimate of drug-likeness (QED) is 0.624. The normalized spacial score (nSPS) is 15.4. The van der Waals surface area contributed by atoms with Crippen LogP contribution in [0.3, 0.4) is 0 Å². The molecule has 1 heterocycles. The van der Waals surface area contributed by atoms with Gasteiger partial charge in [0.25, 0.3) is 0 Å². The molecule has 0 aliphatic carbocycles. The first-order chi connectivity index (χ1) is 11.6. The van der Waals surface area contributed by atoms with E-state index in [2.05, 4.69) is 4.74 Å². The van der Waals surface area contributed by atoms with E-state index in [1.165, 1.54) is 25.3 Å². The van der Waals surface area contributed by atoms with Crippen LogP contribution in [0.1, 0.15) is 32.7 Å². The van der Waals surface area contributed by atoms with Crippen LogP contribution in [0, 0.1) is 5.82 Å². The van der Waals surface area contributed by atoms with Crippen LogP contribution in [0.5, 0.6) is 5.75 Å². The fourth-order valence-corrected chi connectivity index (χ4v) is 2.54. The fraction of sp³-hybridized carbons (Fsp3) is 0.158. The number of ether oxygens (including phenoxy) is 2. The van der Waals surface area contributed by atoms with Crippen LogP contribution >= 0.6 is 0 Å². The summed E-state index contributed by atoms with van der Waals surface area (Å²) in [4.78, 5) is 24.1. The van der Waals surface area contributed by atoms with Crippen molar-refractivity contribution in [3.8, 4) is 5.75 Å². The Morgan fingerprint density at radius 1 is 1.21 bits per heavy atom. The first-order valence-corrected chi connectivity index (χ1v) is 7.44. The summed E-state index contributed by atoms with van der Waals surface area (Å²) in [5.41, 5.74) is 1.96. The summed E-state index contributed by atoms with van der Waals surface area (Å²) >= 11 is 0. The smallest absolute Gasteiger partial charge is 0.337 e. The van der Waals surface area contributed by atoms with Gasteiger partial charge >= 0.3 is 5.97 Å². The number of benzene rings is 2. The molecule has 0 N–H and O–H groups in total. The molecule has 2 aromatic rings. The monoisotopic (exact) mass is 326 g/mol. The van der Waals surface area contributed by atoms with E-state index in [1.807, 2.05) is 0 Å². The molecular weight excluding hydrogens is 311 g/mol. The van der Waals surface area contributed by atoms with E-state index in [-0.39, 0.29) is 11.3 Å². The highest BCUT2D eigenvalue weighted by Crippen LogP contribution is 2.28. The molecule has 0 fully saturated rings. The maximum absolute atomic E-state index is 13.4. The van der Waals surface area contributed by atoms with Gasteiger partial charge < -0.3 is 9.47 Å². The summed E-state index contributed by atoms with van der Waals surface area (Å²) in [5, 5.41) is 0. The summed E-state index contributed by atoms with van der Waals surface area (Å²) in [7, 11) is 1.32. The minimum atomic E-state index is -0.477. The molecule has 0 saturated carbocycles. The zero-order valence-corrected chi connectivity index (χ0v) is 13.0. The van der Waals surface area contributed by atoms with Gasteiger partial charge in [-0.05, 0) is 42.0 Å². The number of halogens is 1. The number of hydrogen-bond donors (Lipinski definition) is 0. The molecule has 1 aliphatic heterocycles. The van der Waals surface area contributed by atoms with E-state index in [0.29, 0.717) is 29.9 Å². The number of hydrogen-bond acceptors (Lipinski definition) is 4. The Morgan fingerprint density at radius 2 is 1.96 bits per heavy atom. The van der Waals surface area contributed by atoms with Gasteiger partial charge in [0.15, 0.2) is 5.78 Å². The third kappa shape index (κ3) is 3.20. The second-order valence-corrected chi connectivity index (χ2v) is 5.35. The van der Waals surface area contributed by atoms with Gasteiger partial charge in [0.2, 0.25) is 0 Å². The number of rotatable bonds is 2. The molecule has 0 saturated heterocycles. The molecule has 0 unspecified atom stereocenters. The Morgan fingerprint density at radius 3 is 2.67 bits per heavy atom. The number of ketones is 1. The Hall–Kier alpha value is -2.95. The second-order valence-electron chi connectivity index (χ2n) is 5.35. The molecule has 0 radical (unpaired) electrons. The third-order valence-corrected chi connectivity index (χ3v) is 3.78. The Balaban J connectivity index is 1.92. The highest BCUT2D eigenvalue weighted by Gasteiger charge is 2.21. The lowest BCUT2D eigenvalue weighted by atomic mass is 9.98. The molecule has 0 bridgehead atoms. The molecule has 0 amide bonds. The minimum Gasteiger partial charge on any atom is -0.492 e. The van der Waals surface area contributed by atoms with Crippen LogP contribution in [0.25, 0.3) is 6.08 Å². The van der Waals surface area contributed by atoms with E-state index in [4.69, 9.17) is 4.74 Å². The van der Waals surface area contributed by atoms with Crippen LogP contribution in [0.2, 0.25) is 0 Å². The molecule has 2 aromatic carbocycles. The molecule has 4 nitrogen and oxygen atoms in total. The minimum absolute atomic E-state index is 0.227. The van der Waals surface area contributed by atoms with Gasteiger partial charge in [-0.25, -0.2) is 9.18 Å². The van der Waals surface area contributed by atoms with Gasteiger partial charge in [-0.2, -0.15) is 0 Å². The predicted molar refractivity (Wildman–Crippen MR) is 86.6 cm³/mol. The standard InChI is InChI=1S/C19H15FO4/c1-23-19(22)13-4-2-12(3-5-13)10-14-8-9-24-17-7-6-15(20)11-16(17)18(14)21/h2-7,10-11H,8-9H2,1H3/b14-10+. The van der Waals surface area contributed by atoms with Crippen molar-refractivity contribution in [2.45, 2.75) is 6.42 Å². The van der Waals surface area contributed by atoms with E-state index < -0.39 is 11.8 Å². The number of Topliss-reactive ketones (excluding diaryl/α,β-unsaturated/α-hetero) is 1. The average Bonchev–Trinajstić information content (AvgIpc) is 2.75. The molecular formula is C19H15FO4. The second kappa shape index (κ2) is 6.66. The van der Waals surface area contributed by atoms with Crippen molar-refractivity contribution in [3.63, 3.8) is 0 Å². The molecule has 0 aromatic heterocycles. The molecule has 0 spiro atoms. The number of carbonyl (C=O) groups excluding carboxylic acids is 2. The predicted octanol–water partition coefficient (Wildman–Crippen LogP) is 3.66. The number of fused-ring (bicyclic) bond motifs is 1. The molecule has 3 rings (SSSR count). The molecule has 5 heteroatoms. The van der Waals surface area contributed by atoms with Crippen molar-refractivity contribution in [1.82, 2.24) is 0 Å². The summed E-state index contributed by atoms with van der Waals surface area (Å²) in [5.74, 6) is -0.753. The largest absolute Gasteiger partial charge is 0.492 e. The Labute approximate surface area is 138 Å². The van der Waals surface area contributed by atoms with Crippen molar-refractivity contribution in [3.05, 3.63) is 70.5 Å². The maximum atomic E-state index is 13.4. The SMILES string of the molecule is COC(=O)c1ccc(/C=C2\CCOc3ccc(F)cc3C2=O)cc1. The lowest BCUT2D eigenvalue weighted by molar-refractivity contribution is 0.0600. The molecule has 122 valence electrons. The summed E-state index contributed by atoms with van der Waals surface area (Å²) in [6.45, 7) is 0.344. The number of carbonyl (C=O) groups is 2. The van der Waals surface area contributed by atoms with Crippen LogP contribution < -0.4 is 4.74 Å². The van der Waals surface area contributed by atoms with Gasteiger partial charge in [-0.1, -0.05) is 12.1 Å². The van der Waals surface area contributed by atoms with Crippen LogP contribution in [-0.4, -0.2) is 25.5 Å². The number of esters is 1. The fourth-order valence-electron chi connectivity index (χ4n) is 2.54. The molecule has 1 aliphatic rings. The summed E-state index contributed by atoms with van der Waals surface area (Å²) in [6, 6.07) is 10.6. The van der Waals surface area contributed by atoms with Crippen molar-refractivity contribution < 1.29 is 23.5 Å². The van der Waals surface area contributed by atoms with Gasteiger partial charge in [0.1, 0.15) is 11.6 Å². The van der Waals surface area contributed by atoms with Gasteiger partial charge in [-0.3, -0.25) is 4.79 Å². The summed E-state index contributed by atoms with van der Waals surface area (Å²) in [6.07, 6.45) is 2.15. The van der Waals surface area contributed by atoms with Crippen LogP contribution in [0.4, 0.5) is 4.39 Å². The van der Waals surface area contributed by atoms with E-state index in [1.54, 1.807) is 30.3 Å². The topological polar surface area (TPSA) is 52.6 Å². The van der Waals surface area contributed by atoms with Gasteiger partial charge in [0, 0.05) is 12.0 Å². The van der Waals surface area contributed by atoms with Crippen LogP contribution in [0.15, 0.2) is 48.0 Å². The molecule has 24 heavy (non-hydrogen) atoms. The average molecular weight is 326 g/mol. The van der Waals surface area contributed by atoms with Crippen molar-refractivity contribution in [2.75, 3.05) is 13.7 Å². The number of methoxy groups -OCH3 is 1. The van der Waals surface area contributed by atoms with Crippen molar-refractivity contribution in [1.29, 1.82) is 0 Å². The van der Waals surface area contributed by atoms with E-state index >= 15 is 0 Å². The first kappa shape index (κ1) is 15.9. The zero-order chi connectivity index (χ0) is 17.1. The highest BCUT2D eigenvalue weighted by atomic mass is 19.1. The lowest BCUT2D eigenvalue weighted by Crippen LogP contribution is -2.03. The zero-order valence-electron chi connectivity index (χ0n) is 13.0. The van der Waals surface area contributed by atoms with Gasteiger partial charge in [0.05, 0.1) is 24.8 Å².